The van der Waals surface area contributed by atoms with Crippen molar-refractivity contribution in [3.8, 4) is 5.75 Å². The number of phenolic OH excluding ortho intramolecular Hbond substituents is 1. The molecule has 1 aromatic rings. The number of anilines is 1. The average Bonchev–Trinajstić information content (AvgIpc) is 2.38. The Kier molecular flexibility index (Phi) is 5.37. The molecule has 0 aliphatic heterocycles. The summed E-state index contributed by atoms with van der Waals surface area (Å²) in [5.41, 5.74) is 0.633. The Balaban J connectivity index is 2.84. The molecule has 0 fully saturated rings. The van der Waals surface area contributed by atoms with Gasteiger partial charge in [0.2, 0.25) is 0 Å². The fourth-order valence-corrected chi connectivity index (χ4v) is 1.98. The lowest BCUT2D eigenvalue weighted by atomic mass is 10.2. The Morgan fingerprint density at radius 1 is 1.25 bits per heavy atom. The van der Waals surface area contributed by atoms with E-state index in [9.17, 15) is 14.7 Å². The number of carboxylic acids is 1. The van der Waals surface area contributed by atoms with Gasteiger partial charge in [-0.25, -0.2) is 4.79 Å². The predicted octanol–water partition coefficient (Wildman–Crippen LogP) is 2.13. The van der Waals surface area contributed by atoms with Crippen molar-refractivity contribution in [2.24, 2.45) is 0 Å². The third-order valence-corrected chi connectivity index (χ3v) is 3.11. The van der Waals surface area contributed by atoms with Crippen LogP contribution in [0.4, 0.5) is 10.5 Å². The summed E-state index contributed by atoms with van der Waals surface area (Å²) in [7, 11) is 1.62. The first-order chi connectivity index (χ1) is 9.36. The van der Waals surface area contributed by atoms with E-state index < -0.39 is 5.97 Å². The van der Waals surface area contributed by atoms with Gasteiger partial charge in [-0.05, 0) is 38.1 Å². The quantitative estimate of drug-likeness (QED) is 0.865. The van der Waals surface area contributed by atoms with Gasteiger partial charge in [0, 0.05) is 25.3 Å². The van der Waals surface area contributed by atoms with Gasteiger partial charge in [0.1, 0.15) is 5.75 Å². The minimum absolute atomic E-state index is 0.0942. The van der Waals surface area contributed by atoms with E-state index in [1.165, 1.54) is 21.9 Å². The van der Waals surface area contributed by atoms with Crippen molar-refractivity contribution in [2.45, 2.75) is 26.3 Å². The van der Waals surface area contributed by atoms with Gasteiger partial charge in [0.15, 0.2) is 0 Å². The molecule has 2 amide bonds. The normalized spacial score (nSPS) is 11.8. The van der Waals surface area contributed by atoms with Crippen LogP contribution in [0.1, 0.15) is 20.3 Å². The van der Waals surface area contributed by atoms with Gasteiger partial charge in [0.25, 0.3) is 0 Å². The minimum atomic E-state index is -0.934. The lowest BCUT2D eigenvalue weighted by Crippen LogP contribution is -2.46. The van der Waals surface area contributed by atoms with Crippen molar-refractivity contribution in [3.63, 3.8) is 0 Å². The van der Waals surface area contributed by atoms with Crippen LogP contribution in [0.5, 0.6) is 5.75 Å². The van der Waals surface area contributed by atoms with E-state index >= 15 is 0 Å². The summed E-state index contributed by atoms with van der Waals surface area (Å²) in [6.45, 7) is 3.94. The zero-order valence-corrected chi connectivity index (χ0v) is 11.9. The number of phenols is 1. The molecule has 1 unspecified atom stereocenters. The third kappa shape index (κ3) is 3.88. The molecule has 2 N–H and O–H groups in total. The molecule has 0 bridgehead atoms. The number of rotatable bonds is 5. The summed E-state index contributed by atoms with van der Waals surface area (Å²) in [6, 6.07) is 5.59. The van der Waals surface area contributed by atoms with Gasteiger partial charge >= 0.3 is 12.0 Å². The summed E-state index contributed by atoms with van der Waals surface area (Å²) in [5, 5.41) is 18.1. The molecule has 1 rings (SSSR count). The number of benzene rings is 1. The number of hydrogen-bond donors (Lipinski definition) is 2. The van der Waals surface area contributed by atoms with Crippen molar-refractivity contribution in [2.75, 3.05) is 18.5 Å². The number of nitrogens with zero attached hydrogens (tertiary/aromatic N) is 2. The molecule has 6 heteroatoms. The fourth-order valence-electron chi connectivity index (χ4n) is 1.98. The highest BCUT2D eigenvalue weighted by molar-refractivity contribution is 5.91. The van der Waals surface area contributed by atoms with E-state index in [0.717, 1.165) is 0 Å². The van der Waals surface area contributed by atoms with Crippen LogP contribution in [0.2, 0.25) is 0 Å². The predicted molar refractivity (Wildman–Crippen MR) is 76.0 cm³/mol. The number of carbonyl (C=O) groups excluding carboxylic acids is 1. The summed E-state index contributed by atoms with van der Waals surface area (Å²) in [4.78, 5) is 26.1. The SMILES string of the molecule is CCN(C(=O)N(C)c1ccc(O)cc1)C(C)CC(=O)O. The number of aliphatic carboxylic acids is 1. The molecule has 20 heavy (non-hydrogen) atoms. The lowest BCUT2D eigenvalue weighted by Gasteiger charge is -2.31. The molecule has 0 radical (unpaired) electrons. The van der Waals surface area contributed by atoms with E-state index in [0.29, 0.717) is 12.2 Å². The second kappa shape index (κ2) is 6.79. The van der Waals surface area contributed by atoms with Crippen molar-refractivity contribution < 1.29 is 19.8 Å². The molecule has 1 aromatic carbocycles. The zero-order valence-electron chi connectivity index (χ0n) is 11.9. The van der Waals surface area contributed by atoms with Crippen molar-refractivity contribution >= 4 is 17.7 Å². The summed E-state index contributed by atoms with van der Waals surface area (Å²) in [5.74, 6) is -0.808. The highest BCUT2D eigenvalue weighted by Gasteiger charge is 2.24. The van der Waals surface area contributed by atoms with Gasteiger partial charge in [-0.3, -0.25) is 9.69 Å². The summed E-state index contributed by atoms with van der Waals surface area (Å²) in [6.07, 6.45) is -0.0942. The summed E-state index contributed by atoms with van der Waals surface area (Å²) >= 11 is 0. The van der Waals surface area contributed by atoms with Crippen molar-refractivity contribution in [1.82, 2.24) is 4.90 Å². The standard InChI is InChI=1S/C14H20N2O4/c1-4-16(10(2)9-13(18)19)14(20)15(3)11-5-7-12(17)8-6-11/h5-8,10,17H,4,9H2,1-3H3,(H,18,19). The molecule has 0 aromatic heterocycles. The van der Waals surface area contributed by atoms with Crippen LogP contribution in [0, 0.1) is 0 Å². The molecule has 0 aliphatic rings. The van der Waals surface area contributed by atoms with E-state index in [1.807, 2.05) is 0 Å². The number of urea groups is 1. The Labute approximate surface area is 118 Å². The van der Waals surface area contributed by atoms with Crippen LogP contribution in [0.3, 0.4) is 0 Å². The van der Waals surface area contributed by atoms with E-state index in [-0.39, 0.29) is 24.2 Å². The first kappa shape index (κ1) is 15.8. The zero-order chi connectivity index (χ0) is 15.3. The van der Waals surface area contributed by atoms with E-state index in [2.05, 4.69) is 0 Å². The molecule has 0 aliphatic carbocycles. The van der Waals surface area contributed by atoms with E-state index in [4.69, 9.17) is 5.11 Å². The van der Waals surface area contributed by atoms with Crippen LogP contribution in [0.15, 0.2) is 24.3 Å². The van der Waals surface area contributed by atoms with E-state index in [1.54, 1.807) is 33.0 Å². The molecule has 1 atom stereocenters. The summed E-state index contributed by atoms with van der Waals surface area (Å²) < 4.78 is 0. The number of aromatic hydroxyl groups is 1. The second-order valence-corrected chi connectivity index (χ2v) is 4.59. The van der Waals surface area contributed by atoms with Gasteiger partial charge in [-0.2, -0.15) is 0 Å². The molecule has 110 valence electrons. The molecule has 6 nitrogen and oxygen atoms in total. The monoisotopic (exact) mass is 280 g/mol. The number of carbonyl (C=O) groups is 2. The number of amides is 2. The molecule has 0 spiro atoms. The van der Waals surface area contributed by atoms with Crippen LogP contribution in [-0.2, 0) is 4.79 Å². The van der Waals surface area contributed by atoms with Crippen LogP contribution in [0.25, 0.3) is 0 Å². The molecular weight excluding hydrogens is 260 g/mol. The van der Waals surface area contributed by atoms with Crippen LogP contribution < -0.4 is 4.90 Å². The Morgan fingerprint density at radius 3 is 2.25 bits per heavy atom. The van der Waals surface area contributed by atoms with Crippen LogP contribution >= 0.6 is 0 Å². The Morgan fingerprint density at radius 2 is 1.80 bits per heavy atom. The Bertz CT molecular complexity index is 473. The number of hydrogen-bond acceptors (Lipinski definition) is 3. The van der Waals surface area contributed by atoms with Crippen LogP contribution in [-0.4, -0.2) is 46.7 Å². The maximum absolute atomic E-state index is 12.4. The smallest absolute Gasteiger partial charge is 0.324 e. The maximum atomic E-state index is 12.4. The molecule has 0 saturated heterocycles. The highest BCUT2D eigenvalue weighted by Crippen LogP contribution is 2.19. The average molecular weight is 280 g/mol. The van der Waals surface area contributed by atoms with Gasteiger partial charge in [0.05, 0.1) is 6.42 Å². The fraction of sp³-hybridized carbons (Fsp3) is 0.429. The Hall–Kier alpha value is -2.24. The van der Waals surface area contributed by atoms with Gasteiger partial charge in [-0.1, -0.05) is 0 Å². The highest BCUT2D eigenvalue weighted by atomic mass is 16.4. The molecule has 0 saturated carbocycles. The van der Waals surface area contributed by atoms with Crippen molar-refractivity contribution in [3.05, 3.63) is 24.3 Å². The van der Waals surface area contributed by atoms with Gasteiger partial charge < -0.3 is 15.1 Å². The number of carboxylic acid groups (broad SMARTS) is 1. The third-order valence-electron chi connectivity index (χ3n) is 3.11. The van der Waals surface area contributed by atoms with Crippen molar-refractivity contribution in [1.29, 1.82) is 0 Å². The largest absolute Gasteiger partial charge is 0.508 e. The molecular formula is C14H20N2O4. The minimum Gasteiger partial charge on any atom is -0.508 e. The topological polar surface area (TPSA) is 81.1 Å². The first-order valence-corrected chi connectivity index (χ1v) is 6.42. The maximum Gasteiger partial charge on any atom is 0.324 e. The first-order valence-electron chi connectivity index (χ1n) is 6.42. The van der Waals surface area contributed by atoms with Gasteiger partial charge in [-0.15, -0.1) is 0 Å². The second-order valence-electron chi connectivity index (χ2n) is 4.59. The molecule has 0 heterocycles. The lowest BCUT2D eigenvalue weighted by molar-refractivity contribution is -0.138.